The average molecular weight is 355 g/mol. The summed E-state index contributed by atoms with van der Waals surface area (Å²) in [6, 6.07) is 26.8. The molecular weight excluding hydrogens is 324 g/mol. The zero-order chi connectivity index (χ0) is 19.6. The quantitative estimate of drug-likeness (QED) is 0.297. The van der Waals surface area contributed by atoms with E-state index in [0.29, 0.717) is 0 Å². The van der Waals surface area contributed by atoms with Gasteiger partial charge in [0.1, 0.15) is 0 Å². The van der Waals surface area contributed by atoms with Gasteiger partial charge in [-0.2, -0.15) is 0 Å². The van der Waals surface area contributed by atoms with Crippen LogP contribution in [0.25, 0.3) is 32.7 Å². The van der Waals surface area contributed by atoms with Crippen molar-refractivity contribution in [3.63, 3.8) is 0 Å². The van der Waals surface area contributed by atoms with E-state index in [9.17, 15) is 0 Å². The second-order valence-electron chi connectivity index (χ2n) is 7.04. The minimum absolute atomic E-state index is 0.0211. The average Bonchev–Trinajstić information content (AvgIpc) is 2.74. The van der Waals surface area contributed by atoms with Crippen LogP contribution in [0.3, 0.4) is 0 Å². The first kappa shape index (κ1) is 19.2. The second kappa shape index (κ2) is 7.56. The minimum Gasteiger partial charge on any atom is -0.0683 e. The van der Waals surface area contributed by atoms with Gasteiger partial charge >= 0.3 is 0 Å². The van der Waals surface area contributed by atoms with Crippen molar-refractivity contribution in [3.05, 3.63) is 83.9 Å². The van der Waals surface area contributed by atoms with Crippen LogP contribution in [0.5, 0.6) is 0 Å². The smallest absolute Gasteiger partial charge is 0.0159 e. The van der Waals surface area contributed by atoms with Gasteiger partial charge in [0.05, 0.1) is 0 Å². The lowest BCUT2D eigenvalue weighted by molar-refractivity contribution is 0.646. The number of benzene rings is 4. The van der Waals surface area contributed by atoms with Crippen molar-refractivity contribution in [1.29, 1.82) is 0 Å². The van der Waals surface area contributed by atoms with Gasteiger partial charge in [0.15, 0.2) is 0 Å². The predicted molar refractivity (Wildman–Crippen MR) is 122 cm³/mol. The molecule has 0 saturated heterocycles. The topological polar surface area (TPSA) is 0 Å². The predicted octanol–water partition coefficient (Wildman–Crippen LogP) is 8.35. The van der Waals surface area contributed by atoms with Crippen LogP contribution in [-0.4, -0.2) is 0 Å². The molecule has 138 valence electrons. The molecule has 0 amide bonds. The van der Waals surface area contributed by atoms with Crippen molar-refractivity contribution in [3.8, 4) is 11.1 Å². The largest absolute Gasteiger partial charge is 0.0683 e. The van der Waals surface area contributed by atoms with Crippen LogP contribution < -0.4 is 0 Å². The molecule has 0 heterocycles. The molecule has 0 heteroatoms. The van der Waals surface area contributed by atoms with Gasteiger partial charge in [0, 0.05) is 5.41 Å². The summed E-state index contributed by atoms with van der Waals surface area (Å²) in [5.74, 6) is 0. The number of hydrogen-bond acceptors (Lipinski definition) is 0. The Morgan fingerprint density at radius 1 is 0.556 bits per heavy atom. The van der Waals surface area contributed by atoms with E-state index in [-0.39, 0.29) is 5.41 Å². The van der Waals surface area contributed by atoms with Crippen LogP contribution in [0, 0.1) is 0 Å². The summed E-state index contributed by atoms with van der Waals surface area (Å²) in [7, 11) is 0. The molecule has 0 radical (unpaired) electrons. The molecule has 0 spiro atoms. The summed E-state index contributed by atoms with van der Waals surface area (Å²) in [6.07, 6.45) is 0. The van der Waals surface area contributed by atoms with E-state index in [4.69, 9.17) is 0 Å². The number of hydrogen-bond donors (Lipinski definition) is 0. The van der Waals surface area contributed by atoms with Gasteiger partial charge in [0.2, 0.25) is 0 Å². The standard InChI is InChI=1S/C23H18.2C2H6/c1-23(2)19-12-6-9-16-8-5-11-18(21(16)19)22-17-10-4-3-7-15(17)13-14-20(22)23;2*1-2/h3-14H,1-2H3;2*1-2H3. The first-order valence-corrected chi connectivity index (χ1v) is 10.2. The lowest BCUT2D eigenvalue weighted by atomic mass is 9.67. The van der Waals surface area contributed by atoms with E-state index in [1.54, 1.807) is 0 Å². The van der Waals surface area contributed by atoms with Crippen molar-refractivity contribution < 1.29 is 0 Å². The van der Waals surface area contributed by atoms with E-state index in [1.807, 2.05) is 27.7 Å². The third-order valence-corrected chi connectivity index (χ3v) is 5.45. The van der Waals surface area contributed by atoms with Crippen molar-refractivity contribution in [2.75, 3.05) is 0 Å². The van der Waals surface area contributed by atoms with Crippen LogP contribution in [0.1, 0.15) is 52.7 Å². The van der Waals surface area contributed by atoms with Crippen LogP contribution in [0.15, 0.2) is 72.8 Å². The Morgan fingerprint density at radius 2 is 1.19 bits per heavy atom. The van der Waals surface area contributed by atoms with Gasteiger partial charge in [-0.15, -0.1) is 0 Å². The van der Waals surface area contributed by atoms with Crippen LogP contribution in [0.2, 0.25) is 0 Å². The summed E-state index contributed by atoms with van der Waals surface area (Å²) < 4.78 is 0. The molecule has 1 aliphatic carbocycles. The molecular formula is C27H30. The highest BCUT2D eigenvalue weighted by molar-refractivity contribution is 6.10. The van der Waals surface area contributed by atoms with Gasteiger partial charge in [-0.05, 0) is 43.8 Å². The van der Waals surface area contributed by atoms with E-state index < -0.39 is 0 Å². The molecule has 0 N–H and O–H groups in total. The summed E-state index contributed by atoms with van der Waals surface area (Å²) >= 11 is 0. The van der Waals surface area contributed by atoms with Crippen molar-refractivity contribution in [2.24, 2.45) is 0 Å². The molecule has 0 unspecified atom stereocenters. The molecule has 0 nitrogen and oxygen atoms in total. The van der Waals surface area contributed by atoms with Gasteiger partial charge in [0.25, 0.3) is 0 Å². The van der Waals surface area contributed by atoms with Gasteiger partial charge in [-0.25, -0.2) is 0 Å². The van der Waals surface area contributed by atoms with E-state index in [1.165, 1.54) is 43.8 Å². The zero-order valence-electron chi connectivity index (χ0n) is 17.4. The molecule has 0 aliphatic heterocycles. The van der Waals surface area contributed by atoms with Crippen LogP contribution in [0.4, 0.5) is 0 Å². The first-order chi connectivity index (χ1) is 13.2. The highest BCUT2D eigenvalue weighted by Crippen LogP contribution is 2.50. The Balaban J connectivity index is 0.000000495. The van der Waals surface area contributed by atoms with Crippen molar-refractivity contribution in [1.82, 2.24) is 0 Å². The van der Waals surface area contributed by atoms with Gasteiger partial charge < -0.3 is 0 Å². The zero-order valence-corrected chi connectivity index (χ0v) is 17.4. The fourth-order valence-corrected chi connectivity index (χ4v) is 4.30. The van der Waals surface area contributed by atoms with Crippen molar-refractivity contribution in [2.45, 2.75) is 47.0 Å². The molecule has 27 heavy (non-hydrogen) atoms. The molecule has 0 saturated carbocycles. The number of fused-ring (bicyclic) bond motifs is 4. The maximum absolute atomic E-state index is 2.35. The monoisotopic (exact) mass is 354 g/mol. The normalized spacial score (nSPS) is 13.1. The second-order valence-corrected chi connectivity index (χ2v) is 7.04. The van der Waals surface area contributed by atoms with Crippen molar-refractivity contribution >= 4 is 21.5 Å². The third kappa shape index (κ3) is 2.84. The maximum atomic E-state index is 2.35. The molecule has 0 aromatic heterocycles. The number of rotatable bonds is 0. The Kier molecular flexibility index (Phi) is 5.37. The van der Waals surface area contributed by atoms with Crippen LogP contribution >= 0.6 is 0 Å². The van der Waals surface area contributed by atoms with E-state index >= 15 is 0 Å². The maximum Gasteiger partial charge on any atom is 0.0159 e. The molecule has 0 atom stereocenters. The molecule has 1 aliphatic rings. The lowest BCUT2D eigenvalue weighted by Crippen LogP contribution is -2.23. The fraction of sp³-hybridized carbons (Fsp3) is 0.259. The van der Waals surface area contributed by atoms with E-state index in [2.05, 4.69) is 86.6 Å². The molecule has 0 bridgehead atoms. The van der Waals surface area contributed by atoms with E-state index in [0.717, 1.165) is 0 Å². The highest BCUT2D eigenvalue weighted by Gasteiger charge is 2.33. The highest BCUT2D eigenvalue weighted by atomic mass is 14.4. The molecule has 4 aromatic carbocycles. The summed E-state index contributed by atoms with van der Waals surface area (Å²) in [6.45, 7) is 12.7. The Bertz CT molecular complexity index is 1080. The molecule has 0 fully saturated rings. The molecule has 5 rings (SSSR count). The first-order valence-electron chi connectivity index (χ1n) is 10.2. The fourth-order valence-electron chi connectivity index (χ4n) is 4.30. The summed E-state index contributed by atoms with van der Waals surface area (Å²) in [5, 5.41) is 5.44. The lowest BCUT2D eigenvalue weighted by Gasteiger charge is -2.35. The Hall–Kier alpha value is -2.60. The van der Waals surface area contributed by atoms with Gasteiger partial charge in [-0.3, -0.25) is 0 Å². The molecule has 4 aromatic rings. The SMILES string of the molecule is CC.CC.CC1(C)c2ccc3ccccc3c2-c2cccc3cccc1c23. The minimum atomic E-state index is 0.0211. The summed E-state index contributed by atoms with van der Waals surface area (Å²) in [4.78, 5) is 0. The third-order valence-electron chi connectivity index (χ3n) is 5.45. The Labute approximate surface area is 163 Å². The van der Waals surface area contributed by atoms with Gasteiger partial charge in [-0.1, -0.05) is 114 Å². The van der Waals surface area contributed by atoms with Crippen LogP contribution in [-0.2, 0) is 5.41 Å². The summed E-state index contributed by atoms with van der Waals surface area (Å²) in [5.41, 5.74) is 5.69. The Morgan fingerprint density at radius 3 is 1.93 bits per heavy atom.